The predicted molar refractivity (Wildman–Crippen MR) is 49.8 cm³/mol. The van der Waals surface area contributed by atoms with Crippen molar-refractivity contribution in [3.05, 3.63) is 12.7 Å². The molecule has 0 radical (unpaired) electrons. The first-order chi connectivity index (χ1) is 5.79. The van der Waals surface area contributed by atoms with Gasteiger partial charge in [0.05, 0.1) is 6.10 Å². The van der Waals surface area contributed by atoms with Crippen LogP contribution < -0.4 is 0 Å². The van der Waals surface area contributed by atoms with Crippen LogP contribution in [0.25, 0.3) is 0 Å². The van der Waals surface area contributed by atoms with Crippen molar-refractivity contribution < 1.29 is 5.11 Å². The third kappa shape index (κ3) is 1.42. The first-order valence-electron chi connectivity index (χ1n) is 5.10. The van der Waals surface area contributed by atoms with E-state index in [-0.39, 0.29) is 6.10 Å². The molecular formula is C11H18O. The maximum Gasteiger partial charge on any atom is 0.0721 e. The highest BCUT2D eigenvalue weighted by Gasteiger charge is 2.39. The second-order valence-electron chi connectivity index (χ2n) is 4.47. The fourth-order valence-corrected chi connectivity index (χ4v) is 3.07. The molecule has 2 rings (SSSR count). The number of hydrogen-bond donors (Lipinski definition) is 1. The van der Waals surface area contributed by atoms with E-state index in [9.17, 15) is 5.11 Å². The van der Waals surface area contributed by atoms with Crippen molar-refractivity contribution in [2.45, 2.75) is 38.2 Å². The Bertz CT molecular complexity index is 176. The zero-order chi connectivity index (χ0) is 8.55. The number of aliphatic hydroxyl groups excluding tert-OH is 1. The van der Waals surface area contributed by atoms with E-state index in [1.165, 1.54) is 25.7 Å². The highest BCUT2D eigenvalue weighted by atomic mass is 16.3. The zero-order valence-electron chi connectivity index (χ0n) is 7.58. The van der Waals surface area contributed by atoms with E-state index in [0.29, 0.717) is 0 Å². The highest BCUT2D eigenvalue weighted by Crippen LogP contribution is 2.49. The van der Waals surface area contributed by atoms with Crippen LogP contribution in [0.3, 0.4) is 0 Å². The Kier molecular flexibility index (Phi) is 2.22. The van der Waals surface area contributed by atoms with Gasteiger partial charge in [0.15, 0.2) is 0 Å². The Morgan fingerprint density at radius 2 is 2.25 bits per heavy atom. The quantitative estimate of drug-likeness (QED) is 0.638. The van der Waals surface area contributed by atoms with Gasteiger partial charge in [-0.25, -0.2) is 0 Å². The van der Waals surface area contributed by atoms with Crippen LogP contribution in [0.15, 0.2) is 12.7 Å². The van der Waals surface area contributed by atoms with Gasteiger partial charge in [-0.3, -0.25) is 0 Å². The topological polar surface area (TPSA) is 20.2 Å². The van der Waals surface area contributed by atoms with Gasteiger partial charge in [0.1, 0.15) is 0 Å². The third-order valence-corrected chi connectivity index (χ3v) is 3.70. The van der Waals surface area contributed by atoms with Crippen LogP contribution in [0.2, 0.25) is 0 Å². The minimum Gasteiger partial charge on any atom is -0.389 e. The Morgan fingerprint density at radius 1 is 1.42 bits per heavy atom. The smallest absolute Gasteiger partial charge is 0.0721 e. The molecule has 68 valence electrons. The van der Waals surface area contributed by atoms with Gasteiger partial charge in [-0.15, -0.1) is 6.58 Å². The van der Waals surface area contributed by atoms with Crippen LogP contribution in [-0.2, 0) is 0 Å². The Morgan fingerprint density at radius 3 is 2.75 bits per heavy atom. The average Bonchev–Trinajstić information content (AvgIpc) is 2.64. The molecule has 0 aromatic rings. The standard InChI is InChI=1S/C11H18O/c1-2-11(12)7-10-6-8-3-4-9(10)5-8/h2,8-12H,1,3-7H2/t8-,9-,10+,11-/m1/s1. The summed E-state index contributed by atoms with van der Waals surface area (Å²) in [5.41, 5.74) is 0. The summed E-state index contributed by atoms with van der Waals surface area (Å²) in [6, 6.07) is 0. The van der Waals surface area contributed by atoms with Gasteiger partial charge in [-0.05, 0) is 43.4 Å². The molecule has 2 aliphatic rings. The summed E-state index contributed by atoms with van der Waals surface area (Å²) in [6.45, 7) is 3.61. The number of hydrogen-bond acceptors (Lipinski definition) is 1. The van der Waals surface area contributed by atoms with Crippen molar-refractivity contribution in [2.24, 2.45) is 17.8 Å². The van der Waals surface area contributed by atoms with Crippen LogP contribution in [0.1, 0.15) is 32.1 Å². The normalized spacial score (nSPS) is 41.6. The van der Waals surface area contributed by atoms with Crippen molar-refractivity contribution in [2.75, 3.05) is 0 Å². The molecule has 1 heteroatoms. The minimum atomic E-state index is -0.255. The summed E-state index contributed by atoms with van der Waals surface area (Å²) in [4.78, 5) is 0. The van der Waals surface area contributed by atoms with Crippen molar-refractivity contribution >= 4 is 0 Å². The van der Waals surface area contributed by atoms with Crippen molar-refractivity contribution in [3.8, 4) is 0 Å². The molecule has 0 saturated heterocycles. The SMILES string of the molecule is C=C[C@@H](O)C[C@@H]1C[C@@H]2CC[C@@H]1C2. The minimum absolute atomic E-state index is 0.255. The van der Waals surface area contributed by atoms with E-state index in [1.54, 1.807) is 6.08 Å². The summed E-state index contributed by atoms with van der Waals surface area (Å²) in [7, 11) is 0. The Balaban J connectivity index is 1.86. The molecule has 1 nitrogen and oxygen atoms in total. The molecule has 1 N–H and O–H groups in total. The molecular weight excluding hydrogens is 148 g/mol. The molecule has 2 saturated carbocycles. The van der Waals surface area contributed by atoms with E-state index in [0.717, 1.165) is 24.2 Å². The number of fused-ring (bicyclic) bond motifs is 2. The van der Waals surface area contributed by atoms with Crippen molar-refractivity contribution in [1.82, 2.24) is 0 Å². The number of rotatable bonds is 3. The molecule has 4 atom stereocenters. The van der Waals surface area contributed by atoms with Crippen LogP contribution >= 0.6 is 0 Å². The van der Waals surface area contributed by atoms with Gasteiger partial charge < -0.3 is 5.11 Å². The van der Waals surface area contributed by atoms with Gasteiger partial charge in [-0.2, -0.15) is 0 Å². The largest absolute Gasteiger partial charge is 0.389 e. The fraction of sp³-hybridized carbons (Fsp3) is 0.818. The van der Waals surface area contributed by atoms with Gasteiger partial charge in [0, 0.05) is 0 Å². The molecule has 2 bridgehead atoms. The molecule has 0 amide bonds. The monoisotopic (exact) mass is 166 g/mol. The summed E-state index contributed by atoms with van der Waals surface area (Å²) < 4.78 is 0. The molecule has 0 aromatic carbocycles. The average molecular weight is 166 g/mol. The maximum atomic E-state index is 9.43. The van der Waals surface area contributed by atoms with E-state index in [4.69, 9.17) is 0 Å². The molecule has 0 heterocycles. The van der Waals surface area contributed by atoms with Crippen LogP contribution in [0.4, 0.5) is 0 Å². The lowest BCUT2D eigenvalue weighted by Gasteiger charge is -2.22. The molecule has 0 unspecified atom stereocenters. The summed E-state index contributed by atoms with van der Waals surface area (Å²) in [6.07, 6.45) is 8.06. The van der Waals surface area contributed by atoms with E-state index >= 15 is 0 Å². The first-order valence-corrected chi connectivity index (χ1v) is 5.10. The zero-order valence-corrected chi connectivity index (χ0v) is 7.58. The van der Waals surface area contributed by atoms with Gasteiger partial charge in [0.2, 0.25) is 0 Å². The van der Waals surface area contributed by atoms with E-state index in [1.807, 2.05) is 0 Å². The summed E-state index contributed by atoms with van der Waals surface area (Å²) in [5, 5.41) is 9.43. The van der Waals surface area contributed by atoms with Crippen molar-refractivity contribution in [3.63, 3.8) is 0 Å². The van der Waals surface area contributed by atoms with Gasteiger partial charge >= 0.3 is 0 Å². The van der Waals surface area contributed by atoms with Crippen LogP contribution in [0.5, 0.6) is 0 Å². The van der Waals surface area contributed by atoms with E-state index < -0.39 is 0 Å². The lowest BCUT2D eigenvalue weighted by molar-refractivity contribution is 0.163. The first kappa shape index (κ1) is 8.31. The van der Waals surface area contributed by atoms with Crippen LogP contribution in [-0.4, -0.2) is 11.2 Å². The Labute approximate surface area is 74.5 Å². The Hall–Kier alpha value is -0.300. The van der Waals surface area contributed by atoms with Gasteiger partial charge in [-0.1, -0.05) is 12.5 Å². The lowest BCUT2D eigenvalue weighted by Crippen LogP contribution is -2.16. The molecule has 12 heavy (non-hydrogen) atoms. The molecule has 2 fully saturated rings. The van der Waals surface area contributed by atoms with Gasteiger partial charge in [0.25, 0.3) is 0 Å². The lowest BCUT2D eigenvalue weighted by atomic mass is 9.85. The molecule has 2 aliphatic carbocycles. The molecule has 0 aliphatic heterocycles. The van der Waals surface area contributed by atoms with E-state index in [2.05, 4.69) is 6.58 Å². The maximum absolute atomic E-state index is 9.43. The summed E-state index contributed by atoms with van der Waals surface area (Å²) in [5.74, 6) is 2.73. The molecule has 0 spiro atoms. The van der Waals surface area contributed by atoms with Crippen LogP contribution in [0, 0.1) is 17.8 Å². The van der Waals surface area contributed by atoms with Crippen molar-refractivity contribution in [1.29, 1.82) is 0 Å². The second-order valence-corrected chi connectivity index (χ2v) is 4.47. The number of aliphatic hydroxyl groups is 1. The third-order valence-electron chi connectivity index (χ3n) is 3.70. The predicted octanol–water partition coefficient (Wildman–Crippen LogP) is 2.36. The second kappa shape index (κ2) is 3.21. The summed E-state index contributed by atoms with van der Waals surface area (Å²) >= 11 is 0. The fourth-order valence-electron chi connectivity index (χ4n) is 3.07. The molecule has 0 aromatic heterocycles. The highest BCUT2D eigenvalue weighted by molar-refractivity contribution is 4.92.